The summed E-state index contributed by atoms with van der Waals surface area (Å²) in [7, 11) is 0. The van der Waals surface area contributed by atoms with Crippen LogP contribution in [0.15, 0.2) is 36.7 Å². The molecule has 1 aromatic carbocycles. The Kier molecular flexibility index (Phi) is 4.18. The first-order valence-corrected chi connectivity index (χ1v) is 7.27. The maximum absolute atomic E-state index is 6.25. The monoisotopic (exact) mass is 291 g/mol. The molecule has 0 atom stereocenters. The highest BCUT2D eigenvalue weighted by molar-refractivity contribution is 6.33. The van der Waals surface area contributed by atoms with Gasteiger partial charge >= 0.3 is 0 Å². The van der Waals surface area contributed by atoms with Gasteiger partial charge in [-0.2, -0.15) is 0 Å². The molecule has 1 aliphatic rings. The van der Waals surface area contributed by atoms with Gasteiger partial charge in [-0.05, 0) is 12.1 Å². The van der Waals surface area contributed by atoms with Crippen LogP contribution in [0.5, 0.6) is 0 Å². The maximum Gasteiger partial charge on any atom is 0.0692 e. The minimum absolute atomic E-state index is 0.837. The van der Waals surface area contributed by atoms with Crippen molar-refractivity contribution >= 4 is 17.3 Å². The lowest BCUT2D eigenvalue weighted by Gasteiger charge is -2.36. The fourth-order valence-corrected chi connectivity index (χ4v) is 2.77. The van der Waals surface area contributed by atoms with Crippen molar-refractivity contribution in [3.05, 3.63) is 41.7 Å². The average Bonchev–Trinajstić information content (AvgIpc) is 3.00. The summed E-state index contributed by atoms with van der Waals surface area (Å²) in [6.07, 6.45) is 3.62. The van der Waals surface area contributed by atoms with Crippen molar-refractivity contribution in [2.24, 2.45) is 0 Å². The van der Waals surface area contributed by atoms with E-state index in [1.807, 2.05) is 29.1 Å². The van der Waals surface area contributed by atoms with E-state index in [4.69, 9.17) is 11.6 Å². The Morgan fingerprint density at radius 1 is 1.05 bits per heavy atom. The minimum atomic E-state index is 0.837. The van der Waals surface area contributed by atoms with Crippen molar-refractivity contribution in [3.63, 3.8) is 0 Å². The molecule has 2 aromatic rings. The second-order valence-corrected chi connectivity index (χ2v) is 5.35. The molecule has 0 aliphatic carbocycles. The Balaban J connectivity index is 1.51. The normalized spacial score (nSPS) is 16.6. The molecule has 0 saturated carbocycles. The summed E-state index contributed by atoms with van der Waals surface area (Å²) in [6, 6.07) is 8.06. The molecule has 20 heavy (non-hydrogen) atoms. The van der Waals surface area contributed by atoms with Crippen LogP contribution in [0.2, 0.25) is 5.02 Å². The number of halogens is 1. The third-order valence-electron chi connectivity index (χ3n) is 3.68. The van der Waals surface area contributed by atoms with Gasteiger partial charge in [0.15, 0.2) is 0 Å². The van der Waals surface area contributed by atoms with E-state index >= 15 is 0 Å². The molecular formula is C14H18ClN5. The minimum Gasteiger partial charge on any atom is -0.368 e. The molecule has 1 aromatic heterocycles. The number of benzene rings is 1. The number of rotatable bonds is 4. The Hall–Kier alpha value is -1.59. The third-order valence-corrected chi connectivity index (χ3v) is 4.00. The molecule has 0 spiro atoms. The van der Waals surface area contributed by atoms with Crippen molar-refractivity contribution in [2.45, 2.75) is 6.54 Å². The number of anilines is 1. The summed E-state index contributed by atoms with van der Waals surface area (Å²) in [4.78, 5) is 4.81. The lowest BCUT2D eigenvalue weighted by atomic mass is 10.2. The lowest BCUT2D eigenvalue weighted by molar-refractivity contribution is 0.244. The zero-order chi connectivity index (χ0) is 13.8. The summed E-state index contributed by atoms with van der Waals surface area (Å²) in [5, 5.41) is 8.64. The van der Waals surface area contributed by atoms with Crippen molar-refractivity contribution in [1.29, 1.82) is 0 Å². The van der Waals surface area contributed by atoms with E-state index in [0.29, 0.717) is 0 Å². The first kappa shape index (κ1) is 13.4. The van der Waals surface area contributed by atoms with E-state index in [-0.39, 0.29) is 0 Å². The van der Waals surface area contributed by atoms with Crippen LogP contribution < -0.4 is 4.90 Å². The first-order chi connectivity index (χ1) is 9.83. The molecule has 0 bridgehead atoms. The van der Waals surface area contributed by atoms with E-state index in [0.717, 1.165) is 50.0 Å². The molecular weight excluding hydrogens is 274 g/mol. The van der Waals surface area contributed by atoms with Gasteiger partial charge in [0.25, 0.3) is 0 Å². The van der Waals surface area contributed by atoms with Crippen molar-refractivity contribution in [2.75, 3.05) is 37.6 Å². The maximum atomic E-state index is 6.25. The van der Waals surface area contributed by atoms with Crippen LogP contribution in [0, 0.1) is 0 Å². The van der Waals surface area contributed by atoms with Gasteiger partial charge in [-0.1, -0.05) is 28.9 Å². The van der Waals surface area contributed by atoms with Gasteiger partial charge in [-0.3, -0.25) is 9.58 Å². The number of piperazine rings is 1. The Labute approximate surface area is 123 Å². The second-order valence-electron chi connectivity index (χ2n) is 4.95. The highest BCUT2D eigenvalue weighted by Crippen LogP contribution is 2.25. The Morgan fingerprint density at radius 2 is 1.85 bits per heavy atom. The van der Waals surface area contributed by atoms with Crippen LogP contribution in [-0.2, 0) is 6.54 Å². The van der Waals surface area contributed by atoms with E-state index in [2.05, 4.69) is 26.2 Å². The quantitative estimate of drug-likeness (QED) is 0.860. The third kappa shape index (κ3) is 3.11. The predicted octanol–water partition coefficient (Wildman–Crippen LogP) is 1.75. The summed E-state index contributed by atoms with van der Waals surface area (Å²) in [6.45, 7) is 6.05. The Bertz CT molecular complexity index is 534. The van der Waals surface area contributed by atoms with Gasteiger partial charge in [0.2, 0.25) is 0 Å². The SMILES string of the molecule is Clc1ccccc1N1CCN(CCn2ccnn2)CC1. The van der Waals surface area contributed by atoms with Crippen LogP contribution >= 0.6 is 11.6 Å². The van der Waals surface area contributed by atoms with Crippen LogP contribution in [0.3, 0.4) is 0 Å². The Morgan fingerprint density at radius 3 is 2.55 bits per heavy atom. The second kappa shape index (κ2) is 6.24. The van der Waals surface area contributed by atoms with Gasteiger partial charge in [0.1, 0.15) is 0 Å². The van der Waals surface area contributed by atoms with Gasteiger partial charge in [-0.15, -0.1) is 5.10 Å². The summed E-state index contributed by atoms with van der Waals surface area (Å²) in [5.74, 6) is 0. The molecule has 3 rings (SSSR count). The molecule has 6 heteroatoms. The fourth-order valence-electron chi connectivity index (χ4n) is 2.52. The topological polar surface area (TPSA) is 37.2 Å². The zero-order valence-corrected chi connectivity index (χ0v) is 12.1. The van der Waals surface area contributed by atoms with Crippen molar-refractivity contribution in [3.8, 4) is 0 Å². The fraction of sp³-hybridized carbons (Fsp3) is 0.429. The van der Waals surface area contributed by atoms with Gasteiger partial charge in [-0.25, -0.2) is 0 Å². The molecule has 2 heterocycles. The summed E-state index contributed by atoms with van der Waals surface area (Å²) in [5.41, 5.74) is 1.14. The van der Waals surface area contributed by atoms with Crippen LogP contribution in [0.1, 0.15) is 0 Å². The zero-order valence-electron chi connectivity index (χ0n) is 11.3. The van der Waals surface area contributed by atoms with Crippen LogP contribution in [0.25, 0.3) is 0 Å². The molecule has 0 unspecified atom stereocenters. The van der Waals surface area contributed by atoms with E-state index < -0.39 is 0 Å². The van der Waals surface area contributed by atoms with E-state index in [9.17, 15) is 0 Å². The molecule has 0 radical (unpaired) electrons. The number of aromatic nitrogens is 3. The number of nitrogens with zero attached hydrogens (tertiary/aromatic N) is 5. The molecule has 5 nitrogen and oxygen atoms in total. The van der Waals surface area contributed by atoms with Crippen molar-refractivity contribution < 1.29 is 0 Å². The molecule has 0 amide bonds. The van der Waals surface area contributed by atoms with E-state index in [1.165, 1.54) is 0 Å². The standard InChI is InChI=1S/C14H18ClN5/c15-13-3-1-2-4-14(13)19-10-7-18(8-11-19)9-12-20-6-5-16-17-20/h1-6H,7-12H2. The number of hydrogen-bond donors (Lipinski definition) is 0. The molecule has 1 fully saturated rings. The molecule has 1 saturated heterocycles. The summed E-state index contributed by atoms with van der Waals surface area (Å²) >= 11 is 6.25. The first-order valence-electron chi connectivity index (χ1n) is 6.89. The highest BCUT2D eigenvalue weighted by Gasteiger charge is 2.18. The summed E-state index contributed by atoms with van der Waals surface area (Å²) < 4.78 is 1.88. The number of hydrogen-bond acceptors (Lipinski definition) is 4. The number of para-hydroxylation sites is 1. The van der Waals surface area contributed by atoms with Crippen LogP contribution in [-0.4, -0.2) is 52.6 Å². The molecule has 0 N–H and O–H groups in total. The average molecular weight is 292 g/mol. The largest absolute Gasteiger partial charge is 0.368 e. The predicted molar refractivity (Wildman–Crippen MR) is 80.1 cm³/mol. The van der Waals surface area contributed by atoms with Gasteiger partial charge in [0, 0.05) is 38.9 Å². The van der Waals surface area contributed by atoms with Gasteiger partial charge in [0.05, 0.1) is 23.5 Å². The smallest absolute Gasteiger partial charge is 0.0692 e. The van der Waals surface area contributed by atoms with Crippen LogP contribution in [0.4, 0.5) is 5.69 Å². The van der Waals surface area contributed by atoms with E-state index in [1.54, 1.807) is 6.20 Å². The van der Waals surface area contributed by atoms with Crippen molar-refractivity contribution in [1.82, 2.24) is 19.9 Å². The highest BCUT2D eigenvalue weighted by atomic mass is 35.5. The molecule has 106 valence electrons. The molecule has 1 aliphatic heterocycles. The lowest BCUT2D eigenvalue weighted by Crippen LogP contribution is -2.47. The van der Waals surface area contributed by atoms with Gasteiger partial charge < -0.3 is 4.90 Å².